The summed E-state index contributed by atoms with van der Waals surface area (Å²) in [6.07, 6.45) is 3.25. The van der Waals surface area contributed by atoms with Crippen LogP contribution in [-0.4, -0.2) is 28.3 Å². The molecule has 3 aromatic rings. The standard InChI is InChI=1S/C13H12N4O3S2/c18-22(19,8-9-5-6-20-16-9)13-15-14-12(11-2-1-7-21-11)17(13)10-3-4-10/h1-2,5-7,10H,3-4,8H2. The Morgan fingerprint density at radius 3 is 2.82 bits per heavy atom. The van der Waals surface area contributed by atoms with Crippen LogP contribution in [0.4, 0.5) is 0 Å². The Hall–Kier alpha value is -2.00. The lowest BCUT2D eigenvalue weighted by Gasteiger charge is -2.07. The van der Waals surface area contributed by atoms with Crippen molar-refractivity contribution in [3.05, 3.63) is 35.5 Å². The zero-order valence-electron chi connectivity index (χ0n) is 11.4. The molecule has 114 valence electrons. The number of rotatable bonds is 5. The maximum atomic E-state index is 12.6. The highest BCUT2D eigenvalue weighted by atomic mass is 32.2. The number of nitrogens with zero attached hydrogens (tertiary/aromatic N) is 4. The maximum Gasteiger partial charge on any atom is 0.250 e. The quantitative estimate of drug-likeness (QED) is 0.710. The maximum absolute atomic E-state index is 12.6. The molecule has 3 heterocycles. The van der Waals surface area contributed by atoms with E-state index in [0.717, 1.165) is 17.7 Å². The van der Waals surface area contributed by atoms with Crippen molar-refractivity contribution in [1.82, 2.24) is 19.9 Å². The molecular formula is C13H12N4O3S2. The summed E-state index contributed by atoms with van der Waals surface area (Å²) in [5, 5.41) is 13.7. The first-order chi connectivity index (χ1) is 10.6. The van der Waals surface area contributed by atoms with Crippen LogP contribution in [0.5, 0.6) is 0 Å². The number of hydrogen-bond donors (Lipinski definition) is 0. The molecule has 7 nitrogen and oxygen atoms in total. The molecule has 0 spiro atoms. The van der Waals surface area contributed by atoms with Gasteiger partial charge in [-0.25, -0.2) is 8.42 Å². The minimum Gasteiger partial charge on any atom is -0.364 e. The predicted molar refractivity (Wildman–Crippen MR) is 79.0 cm³/mol. The highest BCUT2D eigenvalue weighted by molar-refractivity contribution is 7.90. The van der Waals surface area contributed by atoms with Gasteiger partial charge in [-0.3, -0.25) is 4.57 Å². The van der Waals surface area contributed by atoms with Gasteiger partial charge in [0.2, 0.25) is 9.84 Å². The molecule has 0 N–H and O–H groups in total. The van der Waals surface area contributed by atoms with E-state index in [1.165, 1.54) is 23.7 Å². The Morgan fingerprint density at radius 1 is 1.32 bits per heavy atom. The van der Waals surface area contributed by atoms with E-state index in [0.29, 0.717) is 11.5 Å². The summed E-state index contributed by atoms with van der Waals surface area (Å²) in [6, 6.07) is 5.53. The number of thiophene rings is 1. The molecule has 9 heteroatoms. The zero-order chi connectivity index (χ0) is 15.2. The lowest BCUT2D eigenvalue weighted by molar-refractivity contribution is 0.413. The Bertz CT molecular complexity index is 878. The third-order valence-electron chi connectivity index (χ3n) is 3.43. The van der Waals surface area contributed by atoms with E-state index >= 15 is 0 Å². The van der Waals surface area contributed by atoms with Gasteiger partial charge < -0.3 is 4.52 Å². The topological polar surface area (TPSA) is 90.9 Å². The number of hydrogen-bond acceptors (Lipinski definition) is 7. The normalized spacial score (nSPS) is 15.3. The molecule has 0 amide bonds. The van der Waals surface area contributed by atoms with Crippen LogP contribution < -0.4 is 0 Å². The van der Waals surface area contributed by atoms with Crippen molar-refractivity contribution in [3.63, 3.8) is 0 Å². The van der Waals surface area contributed by atoms with E-state index in [2.05, 4.69) is 15.4 Å². The summed E-state index contributed by atoms with van der Waals surface area (Å²) < 4.78 is 31.7. The van der Waals surface area contributed by atoms with Crippen molar-refractivity contribution in [2.75, 3.05) is 0 Å². The summed E-state index contributed by atoms with van der Waals surface area (Å²) >= 11 is 1.52. The van der Waals surface area contributed by atoms with E-state index in [-0.39, 0.29) is 17.0 Å². The van der Waals surface area contributed by atoms with Crippen LogP contribution in [0.3, 0.4) is 0 Å². The lowest BCUT2D eigenvalue weighted by atomic mass is 10.4. The molecule has 0 unspecified atom stereocenters. The van der Waals surface area contributed by atoms with E-state index in [9.17, 15) is 8.42 Å². The van der Waals surface area contributed by atoms with Gasteiger partial charge in [0.15, 0.2) is 5.82 Å². The van der Waals surface area contributed by atoms with E-state index in [4.69, 9.17) is 4.52 Å². The third kappa shape index (κ3) is 2.35. The molecule has 0 aromatic carbocycles. The Balaban J connectivity index is 1.79. The fourth-order valence-corrected chi connectivity index (χ4v) is 4.37. The average Bonchev–Trinajstić information content (AvgIpc) is 2.95. The summed E-state index contributed by atoms with van der Waals surface area (Å²) in [5.41, 5.74) is 0.364. The molecular weight excluding hydrogens is 324 g/mol. The smallest absolute Gasteiger partial charge is 0.250 e. The molecule has 1 aliphatic carbocycles. The van der Waals surface area contributed by atoms with Crippen LogP contribution >= 0.6 is 11.3 Å². The second-order valence-corrected chi connectivity index (χ2v) is 7.97. The number of aromatic nitrogens is 4. The Morgan fingerprint density at radius 2 is 2.18 bits per heavy atom. The number of sulfone groups is 1. The summed E-state index contributed by atoms with van der Waals surface area (Å²) in [7, 11) is -3.62. The van der Waals surface area contributed by atoms with E-state index in [1.54, 1.807) is 4.57 Å². The predicted octanol–water partition coefficient (Wildman–Crippen LogP) is 2.30. The molecule has 0 bridgehead atoms. The van der Waals surface area contributed by atoms with Crippen molar-refractivity contribution < 1.29 is 12.9 Å². The Labute approximate surface area is 130 Å². The van der Waals surface area contributed by atoms with Gasteiger partial charge in [0.05, 0.1) is 10.6 Å². The SMILES string of the molecule is O=S(=O)(Cc1ccon1)c1nnc(-c2cccs2)n1C1CC1. The van der Waals surface area contributed by atoms with Crippen molar-refractivity contribution >= 4 is 21.2 Å². The monoisotopic (exact) mass is 336 g/mol. The van der Waals surface area contributed by atoms with Gasteiger partial charge in [-0.05, 0) is 24.3 Å². The van der Waals surface area contributed by atoms with Gasteiger partial charge in [-0.15, -0.1) is 21.5 Å². The third-order valence-corrected chi connectivity index (χ3v) is 5.80. The molecule has 0 aliphatic heterocycles. The van der Waals surface area contributed by atoms with Crippen molar-refractivity contribution in [2.45, 2.75) is 29.8 Å². The Kier molecular flexibility index (Phi) is 3.12. The second kappa shape index (κ2) is 5.03. The lowest BCUT2D eigenvalue weighted by Crippen LogP contribution is -2.13. The van der Waals surface area contributed by atoms with Crippen LogP contribution in [0.2, 0.25) is 0 Å². The molecule has 22 heavy (non-hydrogen) atoms. The first kappa shape index (κ1) is 13.6. The summed E-state index contributed by atoms with van der Waals surface area (Å²) in [6.45, 7) is 0. The first-order valence-electron chi connectivity index (χ1n) is 6.76. The van der Waals surface area contributed by atoms with Crippen molar-refractivity contribution in [3.8, 4) is 10.7 Å². The second-order valence-electron chi connectivity index (χ2n) is 5.13. The van der Waals surface area contributed by atoms with Gasteiger partial charge >= 0.3 is 0 Å². The fraction of sp³-hybridized carbons (Fsp3) is 0.308. The summed E-state index contributed by atoms with van der Waals surface area (Å²) in [4.78, 5) is 0.919. The molecule has 0 saturated heterocycles. The van der Waals surface area contributed by atoms with Crippen LogP contribution in [-0.2, 0) is 15.6 Å². The summed E-state index contributed by atoms with van der Waals surface area (Å²) in [5.74, 6) is 0.384. The minimum atomic E-state index is -3.62. The van der Waals surface area contributed by atoms with Gasteiger partial charge in [0.1, 0.15) is 12.0 Å². The highest BCUT2D eigenvalue weighted by Gasteiger charge is 2.35. The fourth-order valence-electron chi connectivity index (χ4n) is 2.30. The van der Waals surface area contributed by atoms with Crippen LogP contribution in [0.25, 0.3) is 10.7 Å². The van der Waals surface area contributed by atoms with E-state index < -0.39 is 9.84 Å². The van der Waals surface area contributed by atoms with Crippen LogP contribution in [0.15, 0.2) is 39.5 Å². The first-order valence-corrected chi connectivity index (χ1v) is 9.29. The van der Waals surface area contributed by atoms with Gasteiger partial charge in [-0.2, -0.15) is 0 Å². The minimum absolute atomic E-state index is 0.0152. The van der Waals surface area contributed by atoms with Crippen molar-refractivity contribution in [2.24, 2.45) is 0 Å². The average molecular weight is 336 g/mol. The van der Waals surface area contributed by atoms with Gasteiger partial charge in [-0.1, -0.05) is 11.2 Å². The molecule has 0 atom stereocenters. The van der Waals surface area contributed by atoms with Gasteiger partial charge in [0.25, 0.3) is 5.16 Å². The zero-order valence-corrected chi connectivity index (χ0v) is 13.0. The molecule has 1 saturated carbocycles. The van der Waals surface area contributed by atoms with E-state index in [1.807, 2.05) is 17.5 Å². The van der Waals surface area contributed by atoms with Gasteiger partial charge in [0, 0.05) is 12.1 Å². The van der Waals surface area contributed by atoms with Crippen LogP contribution in [0.1, 0.15) is 24.6 Å². The molecule has 4 rings (SSSR count). The largest absolute Gasteiger partial charge is 0.364 e. The molecule has 1 aliphatic rings. The highest BCUT2D eigenvalue weighted by Crippen LogP contribution is 2.41. The molecule has 3 aromatic heterocycles. The van der Waals surface area contributed by atoms with Crippen LogP contribution in [0, 0.1) is 0 Å². The van der Waals surface area contributed by atoms with Crippen molar-refractivity contribution in [1.29, 1.82) is 0 Å². The molecule has 0 radical (unpaired) electrons. The molecule has 1 fully saturated rings.